The van der Waals surface area contributed by atoms with Gasteiger partial charge in [0.1, 0.15) is 5.75 Å². The zero-order valence-electron chi connectivity index (χ0n) is 16.1. The highest BCUT2D eigenvalue weighted by molar-refractivity contribution is 7.89. The molecule has 154 valence electrons. The minimum atomic E-state index is -3.50. The number of fused-ring (bicyclic) bond motifs is 1. The van der Waals surface area contributed by atoms with Crippen LogP contribution in [0.3, 0.4) is 0 Å². The lowest BCUT2D eigenvalue weighted by Crippen LogP contribution is -2.47. The average Bonchev–Trinajstić information content (AvgIpc) is 2.76. The molecular formula is C20H22N2O6S. The lowest BCUT2D eigenvalue weighted by Gasteiger charge is -2.33. The van der Waals surface area contributed by atoms with Crippen molar-refractivity contribution in [3.05, 3.63) is 54.1 Å². The summed E-state index contributed by atoms with van der Waals surface area (Å²) in [5.74, 6) is -0.260. The van der Waals surface area contributed by atoms with Crippen molar-refractivity contribution in [2.24, 2.45) is 0 Å². The Kier molecular flexibility index (Phi) is 6.19. The van der Waals surface area contributed by atoms with Gasteiger partial charge in [-0.15, -0.1) is 0 Å². The SMILES string of the molecule is CNS(=O)(=O)c1ccc(CCC(=O)N2CC(C(=O)OC)Oc3ccccc32)cc1. The molecule has 3 rings (SSSR count). The van der Waals surface area contributed by atoms with E-state index in [4.69, 9.17) is 9.47 Å². The summed E-state index contributed by atoms with van der Waals surface area (Å²) in [4.78, 5) is 26.5. The van der Waals surface area contributed by atoms with E-state index in [-0.39, 0.29) is 23.8 Å². The number of esters is 1. The predicted octanol–water partition coefficient (Wildman–Crippen LogP) is 1.49. The molecule has 0 aromatic heterocycles. The van der Waals surface area contributed by atoms with Crippen molar-refractivity contribution in [2.45, 2.75) is 23.8 Å². The Labute approximate surface area is 169 Å². The Hall–Kier alpha value is -2.91. The molecule has 0 radical (unpaired) electrons. The van der Waals surface area contributed by atoms with Gasteiger partial charge in [-0.1, -0.05) is 24.3 Å². The number of benzene rings is 2. The first-order chi connectivity index (χ1) is 13.9. The van der Waals surface area contributed by atoms with Crippen LogP contribution in [0, 0.1) is 0 Å². The maximum Gasteiger partial charge on any atom is 0.348 e. The molecule has 1 heterocycles. The number of rotatable bonds is 6. The number of para-hydroxylation sites is 2. The molecule has 1 aliphatic heterocycles. The van der Waals surface area contributed by atoms with Gasteiger partial charge in [-0.05, 0) is 43.3 Å². The van der Waals surface area contributed by atoms with Crippen LogP contribution >= 0.6 is 0 Å². The summed E-state index contributed by atoms with van der Waals surface area (Å²) in [5, 5.41) is 0. The molecule has 0 fully saturated rings. The van der Waals surface area contributed by atoms with Crippen molar-refractivity contribution in [2.75, 3.05) is 25.6 Å². The van der Waals surface area contributed by atoms with E-state index < -0.39 is 22.1 Å². The van der Waals surface area contributed by atoms with Crippen molar-refractivity contribution in [3.63, 3.8) is 0 Å². The fraction of sp³-hybridized carbons (Fsp3) is 0.300. The third-order valence-electron chi connectivity index (χ3n) is 4.67. The van der Waals surface area contributed by atoms with Gasteiger partial charge in [-0.25, -0.2) is 17.9 Å². The number of carbonyl (C=O) groups excluding carboxylic acids is 2. The topological polar surface area (TPSA) is 102 Å². The number of hydrogen-bond donors (Lipinski definition) is 1. The molecule has 1 atom stereocenters. The van der Waals surface area contributed by atoms with Crippen molar-refractivity contribution in [1.82, 2.24) is 4.72 Å². The van der Waals surface area contributed by atoms with Crippen molar-refractivity contribution < 1.29 is 27.5 Å². The third-order valence-corrected chi connectivity index (χ3v) is 6.10. The van der Waals surface area contributed by atoms with Gasteiger partial charge < -0.3 is 14.4 Å². The largest absolute Gasteiger partial charge is 0.475 e. The molecule has 0 spiro atoms. The van der Waals surface area contributed by atoms with Crippen LogP contribution in [0.5, 0.6) is 5.75 Å². The smallest absolute Gasteiger partial charge is 0.348 e. The fourth-order valence-corrected chi connectivity index (χ4v) is 3.79. The molecule has 29 heavy (non-hydrogen) atoms. The minimum absolute atomic E-state index is 0.0713. The number of aryl methyl sites for hydroxylation is 1. The summed E-state index contributed by atoms with van der Waals surface area (Å²) in [6, 6.07) is 13.4. The number of nitrogens with zero attached hydrogens (tertiary/aromatic N) is 1. The highest BCUT2D eigenvalue weighted by atomic mass is 32.2. The molecule has 2 aromatic rings. The fourth-order valence-electron chi connectivity index (χ4n) is 3.06. The van der Waals surface area contributed by atoms with E-state index >= 15 is 0 Å². The molecule has 0 saturated heterocycles. The van der Waals surface area contributed by atoms with Crippen LogP contribution in [0.2, 0.25) is 0 Å². The molecule has 2 aromatic carbocycles. The number of anilines is 1. The molecule has 0 bridgehead atoms. The number of amides is 1. The first-order valence-corrected chi connectivity index (χ1v) is 10.5. The van der Waals surface area contributed by atoms with Crippen LogP contribution in [0.15, 0.2) is 53.4 Å². The van der Waals surface area contributed by atoms with Crippen molar-refractivity contribution in [1.29, 1.82) is 0 Å². The molecule has 8 nitrogen and oxygen atoms in total. The summed E-state index contributed by atoms with van der Waals surface area (Å²) >= 11 is 0. The molecule has 1 unspecified atom stereocenters. The molecule has 1 N–H and O–H groups in total. The summed E-state index contributed by atoms with van der Waals surface area (Å²) < 4.78 is 36.2. The summed E-state index contributed by atoms with van der Waals surface area (Å²) in [7, 11) is -0.872. The first kappa shape index (κ1) is 20.8. The molecular weight excluding hydrogens is 396 g/mol. The van der Waals surface area contributed by atoms with Gasteiger partial charge in [0.05, 0.1) is 24.2 Å². The second kappa shape index (κ2) is 8.62. The quantitative estimate of drug-likeness (QED) is 0.714. The molecule has 1 amide bonds. The number of hydrogen-bond acceptors (Lipinski definition) is 6. The zero-order valence-corrected chi connectivity index (χ0v) is 16.9. The van der Waals surface area contributed by atoms with E-state index in [1.807, 2.05) is 0 Å². The summed E-state index contributed by atoms with van der Waals surface area (Å²) in [5.41, 5.74) is 1.44. The summed E-state index contributed by atoms with van der Waals surface area (Å²) in [6.45, 7) is 0.0713. The van der Waals surface area contributed by atoms with Crippen LogP contribution in [-0.4, -0.2) is 47.1 Å². The van der Waals surface area contributed by atoms with Crippen LogP contribution < -0.4 is 14.4 Å². The highest BCUT2D eigenvalue weighted by Gasteiger charge is 2.34. The second-order valence-electron chi connectivity index (χ2n) is 6.45. The Balaban J connectivity index is 1.72. The van der Waals surface area contributed by atoms with Crippen LogP contribution in [0.1, 0.15) is 12.0 Å². The van der Waals surface area contributed by atoms with E-state index in [2.05, 4.69) is 4.72 Å². The number of sulfonamides is 1. The number of nitrogens with one attached hydrogen (secondary N) is 1. The van der Waals surface area contributed by atoms with E-state index in [0.29, 0.717) is 17.9 Å². The normalized spacial score (nSPS) is 15.9. The zero-order chi connectivity index (χ0) is 21.0. The van der Waals surface area contributed by atoms with Crippen LogP contribution in [-0.2, 0) is 30.8 Å². The van der Waals surface area contributed by atoms with Gasteiger partial charge in [-0.3, -0.25) is 4.79 Å². The Morgan fingerprint density at radius 3 is 2.52 bits per heavy atom. The Morgan fingerprint density at radius 2 is 1.86 bits per heavy atom. The van der Waals surface area contributed by atoms with Gasteiger partial charge in [0.25, 0.3) is 0 Å². The van der Waals surface area contributed by atoms with Gasteiger partial charge in [-0.2, -0.15) is 0 Å². The average molecular weight is 418 g/mol. The monoisotopic (exact) mass is 418 g/mol. The van der Waals surface area contributed by atoms with Gasteiger partial charge >= 0.3 is 5.97 Å². The Bertz CT molecular complexity index is 1000. The third kappa shape index (κ3) is 4.57. The maximum absolute atomic E-state index is 12.9. The molecule has 0 saturated carbocycles. The molecule has 0 aliphatic carbocycles. The van der Waals surface area contributed by atoms with Crippen molar-refractivity contribution >= 4 is 27.6 Å². The second-order valence-corrected chi connectivity index (χ2v) is 8.34. The van der Waals surface area contributed by atoms with E-state index in [1.54, 1.807) is 36.4 Å². The molecule has 9 heteroatoms. The number of ether oxygens (including phenoxy) is 2. The van der Waals surface area contributed by atoms with Gasteiger partial charge in [0.2, 0.25) is 22.0 Å². The Morgan fingerprint density at radius 1 is 1.17 bits per heavy atom. The standard InChI is InChI=1S/C20H22N2O6S/c1-21-29(25,26)15-10-7-14(8-11-15)9-12-19(23)22-13-18(20(24)27-2)28-17-6-4-3-5-16(17)22/h3-8,10-11,18,21H,9,12-13H2,1-2H3. The van der Waals surface area contributed by atoms with Gasteiger partial charge in [0, 0.05) is 6.42 Å². The van der Waals surface area contributed by atoms with E-state index in [1.165, 1.54) is 31.2 Å². The first-order valence-electron chi connectivity index (χ1n) is 9.02. The number of carbonyl (C=O) groups is 2. The summed E-state index contributed by atoms with van der Waals surface area (Å²) in [6.07, 6.45) is -0.258. The van der Waals surface area contributed by atoms with Crippen molar-refractivity contribution in [3.8, 4) is 5.75 Å². The van der Waals surface area contributed by atoms with Crippen LogP contribution in [0.4, 0.5) is 5.69 Å². The lowest BCUT2D eigenvalue weighted by atomic mass is 10.1. The number of methoxy groups -OCH3 is 1. The highest BCUT2D eigenvalue weighted by Crippen LogP contribution is 2.33. The van der Waals surface area contributed by atoms with E-state index in [0.717, 1.165) is 5.56 Å². The lowest BCUT2D eigenvalue weighted by molar-refractivity contribution is -0.148. The predicted molar refractivity (Wildman–Crippen MR) is 106 cm³/mol. The van der Waals surface area contributed by atoms with E-state index in [9.17, 15) is 18.0 Å². The van der Waals surface area contributed by atoms with Gasteiger partial charge in [0.15, 0.2) is 0 Å². The van der Waals surface area contributed by atoms with Crippen LogP contribution in [0.25, 0.3) is 0 Å². The molecule has 1 aliphatic rings. The minimum Gasteiger partial charge on any atom is -0.475 e. The maximum atomic E-state index is 12.9.